The summed E-state index contributed by atoms with van der Waals surface area (Å²) >= 11 is 5.94. The van der Waals surface area contributed by atoms with E-state index in [9.17, 15) is 5.11 Å². The summed E-state index contributed by atoms with van der Waals surface area (Å²) in [5.74, 6) is -0.654. The molecule has 1 aromatic rings. The van der Waals surface area contributed by atoms with Crippen LogP contribution in [0.1, 0.15) is 11.5 Å². The molecule has 0 saturated heterocycles. The van der Waals surface area contributed by atoms with E-state index in [0.717, 1.165) is 0 Å². The molecule has 0 aromatic heterocycles. The van der Waals surface area contributed by atoms with E-state index in [1.54, 1.807) is 24.3 Å². The Hall–Kier alpha value is -1.08. The molecule has 0 spiro atoms. The lowest BCUT2D eigenvalue weighted by Gasteiger charge is -2.16. The van der Waals surface area contributed by atoms with E-state index in [-0.39, 0.29) is 6.61 Å². The van der Waals surface area contributed by atoms with Gasteiger partial charge in [0.25, 0.3) is 0 Å². The number of benzene rings is 1. The monoisotopic (exact) mass is 225 g/mol. The van der Waals surface area contributed by atoms with Gasteiger partial charge in [-0.05, 0) is 11.6 Å². The number of hydrogen-bond donors (Lipinski definition) is 1. The molecule has 0 bridgehead atoms. The van der Waals surface area contributed by atoms with Crippen LogP contribution in [0, 0.1) is 11.3 Å². The summed E-state index contributed by atoms with van der Waals surface area (Å²) in [5, 5.41) is 19.1. The van der Waals surface area contributed by atoms with Crippen molar-refractivity contribution in [2.45, 2.75) is 12.0 Å². The Morgan fingerprint density at radius 1 is 1.53 bits per heavy atom. The van der Waals surface area contributed by atoms with Gasteiger partial charge in [0.1, 0.15) is 5.92 Å². The first-order chi connectivity index (χ1) is 7.20. The number of rotatable bonds is 4. The van der Waals surface area contributed by atoms with Gasteiger partial charge in [-0.3, -0.25) is 0 Å². The minimum absolute atomic E-state index is 0.115. The van der Waals surface area contributed by atoms with Crippen LogP contribution in [0.15, 0.2) is 24.3 Å². The van der Waals surface area contributed by atoms with Crippen molar-refractivity contribution in [3.8, 4) is 6.07 Å². The molecule has 0 radical (unpaired) electrons. The van der Waals surface area contributed by atoms with Gasteiger partial charge in [-0.2, -0.15) is 5.26 Å². The van der Waals surface area contributed by atoms with Crippen LogP contribution in [-0.4, -0.2) is 24.9 Å². The molecule has 15 heavy (non-hydrogen) atoms. The normalized spacial score (nSPS) is 14.3. The highest BCUT2D eigenvalue weighted by Crippen LogP contribution is 2.26. The standard InChI is InChI=1S/C11H12ClNO2/c1-15-7-11(14)9(6-13)8-4-2-3-5-10(8)12/h2-5,9,11,14H,7H2,1H3. The second kappa shape index (κ2) is 5.72. The number of aliphatic hydroxyl groups excluding tert-OH is 1. The van der Waals surface area contributed by atoms with Gasteiger partial charge in [0.15, 0.2) is 0 Å². The van der Waals surface area contributed by atoms with Gasteiger partial charge in [0.2, 0.25) is 0 Å². The van der Waals surface area contributed by atoms with Crippen molar-refractivity contribution in [3.05, 3.63) is 34.9 Å². The third kappa shape index (κ3) is 2.93. The summed E-state index contributed by atoms with van der Waals surface area (Å²) < 4.78 is 4.80. The van der Waals surface area contributed by atoms with Crippen LogP contribution in [0.5, 0.6) is 0 Å². The zero-order valence-corrected chi connectivity index (χ0v) is 9.11. The predicted molar refractivity (Wildman–Crippen MR) is 57.7 cm³/mol. The molecule has 0 heterocycles. The topological polar surface area (TPSA) is 53.2 Å². The maximum atomic E-state index is 9.68. The molecule has 0 amide bonds. The van der Waals surface area contributed by atoms with Crippen LogP contribution in [0.3, 0.4) is 0 Å². The van der Waals surface area contributed by atoms with Crippen molar-refractivity contribution in [2.75, 3.05) is 13.7 Å². The summed E-state index contributed by atoms with van der Waals surface area (Å²) in [6, 6.07) is 9.02. The summed E-state index contributed by atoms with van der Waals surface area (Å²) in [7, 11) is 1.48. The lowest BCUT2D eigenvalue weighted by Crippen LogP contribution is -2.22. The number of ether oxygens (including phenoxy) is 1. The Labute approximate surface area is 93.9 Å². The van der Waals surface area contributed by atoms with Crippen molar-refractivity contribution in [1.82, 2.24) is 0 Å². The fourth-order valence-electron chi connectivity index (χ4n) is 1.36. The summed E-state index contributed by atoms with van der Waals surface area (Å²) in [6.45, 7) is 0.115. The van der Waals surface area contributed by atoms with Crippen molar-refractivity contribution >= 4 is 11.6 Å². The first-order valence-electron chi connectivity index (χ1n) is 4.51. The average molecular weight is 226 g/mol. The third-order valence-corrected chi connectivity index (χ3v) is 2.45. The minimum Gasteiger partial charge on any atom is -0.389 e. The first-order valence-corrected chi connectivity index (χ1v) is 4.89. The highest BCUT2D eigenvalue weighted by molar-refractivity contribution is 6.31. The maximum Gasteiger partial charge on any atom is 0.101 e. The predicted octanol–water partition coefficient (Wildman–Crippen LogP) is 1.95. The molecule has 1 aromatic carbocycles. The maximum absolute atomic E-state index is 9.68. The molecule has 80 valence electrons. The van der Waals surface area contributed by atoms with Crippen molar-refractivity contribution in [3.63, 3.8) is 0 Å². The van der Waals surface area contributed by atoms with E-state index in [0.29, 0.717) is 10.6 Å². The van der Waals surface area contributed by atoms with Gasteiger partial charge >= 0.3 is 0 Å². The first kappa shape index (κ1) is 12.0. The van der Waals surface area contributed by atoms with E-state index >= 15 is 0 Å². The number of nitriles is 1. The largest absolute Gasteiger partial charge is 0.389 e. The Balaban J connectivity index is 2.94. The van der Waals surface area contributed by atoms with Crippen molar-refractivity contribution < 1.29 is 9.84 Å². The summed E-state index contributed by atoms with van der Waals surface area (Å²) in [5.41, 5.74) is 0.631. The molecule has 0 aliphatic rings. The minimum atomic E-state index is -0.861. The third-order valence-electron chi connectivity index (χ3n) is 2.10. The molecule has 2 unspecified atom stereocenters. The second-order valence-electron chi connectivity index (χ2n) is 3.15. The molecular formula is C11H12ClNO2. The zero-order valence-electron chi connectivity index (χ0n) is 8.35. The number of nitrogens with zero attached hydrogens (tertiary/aromatic N) is 1. The van der Waals surface area contributed by atoms with Crippen LogP contribution in [0.4, 0.5) is 0 Å². The van der Waals surface area contributed by atoms with E-state index in [1.165, 1.54) is 7.11 Å². The quantitative estimate of drug-likeness (QED) is 0.852. The van der Waals surface area contributed by atoms with E-state index < -0.39 is 12.0 Å². The fraction of sp³-hybridized carbons (Fsp3) is 0.364. The van der Waals surface area contributed by atoms with Gasteiger partial charge in [-0.25, -0.2) is 0 Å². The number of methoxy groups -OCH3 is 1. The molecule has 0 saturated carbocycles. The van der Waals surface area contributed by atoms with E-state index in [2.05, 4.69) is 0 Å². The molecule has 0 fully saturated rings. The van der Waals surface area contributed by atoms with E-state index in [4.69, 9.17) is 21.6 Å². The Morgan fingerprint density at radius 2 is 2.20 bits per heavy atom. The molecule has 0 aliphatic heterocycles. The SMILES string of the molecule is COCC(O)C(C#N)c1ccccc1Cl. The van der Waals surface area contributed by atoms with Gasteiger partial charge < -0.3 is 9.84 Å². The van der Waals surface area contributed by atoms with Crippen molar-refractivity contribution in [1.29, 1.82) is 5.26 Å². The summed E-state index contributed by atoms with van der Waals surface area (Å²) in [4.78, 5) is 0. The number of halogens is 1. The Kier molecular flexibility index (Phi) is 4.57. The van der Waals surface area contributed by atoms with E-state index in [1.807, 2.05) is 6.07 Å². The van der Waals surface area contributed by atoms with Crippen LogP contribution >= 0.6 is 11.6 Å². The molecule has 0 aliphatic carbocycles. The molecule has 1 N–H and O–H groups in total. The molecular weight excluding hydrogens is 214 g/mol. The molecule has 2 atom stereocenters. The lowest BCUT2D eigenvalue weighted by molar-refractivity contribution is 0.0572. The van der Waals surface area contributed by atoms with Gasteiger partial charge in [-0.1, -0.05) is 29.8 Å². The smallest absolute Gasteiger partial charge is 0.101 e. The number of hydrogen-bond acceptors (Lipinski definition) is 3. The fourth-order valence-corrected chi connectivity index (χ4v) is 1.61. The highest BCUT2D eigenvalue weighted by Gasteiger charge is 2.22. The second-order valence-corrected chi connectivity index (χ2v) is 3.56. The zero-order chi connectivity index (χ0) is 11.3. The van der Waals surface area contributed by atoms with Crippen LogP contribution in [0.2, 0.25) is 5.02 Å². The van der Waals surface area contributed by atoms with Gasteiger partial charge in [0, 0.05) is 12.1 Å². The van der Waals surface area contributed by atoms with Gasteiger partial charge in [-0.15, -0.1) is 0 Å². The van der Waals surface area contributed by atoms with Gasteiger partial charge in [0.05, 0.1) is 18.8 Å². The molecule has 1 rings (SSSR count). The molecule has 4 heteroatoms. The van der Waals surface area contributed by atoms with Crippen LogP contribution in [-0.2, 0) is 4.74 Å². The molecule has 3 nitrogen and oxygen atoms in total. The van der Waals surface area contributed by atoms with Crippen LogP contribution < -0.4 is 0 Å². The van der Waals surface area contributed by atoms with Crippen LogP contribution in [0.25, 0.3) is 0 Å². The van der Waals surface area contributed by atoms with Crippen molar-refractivity contribution in [2.24, 2.45) is 0 Å². The number of aliphatic hydroxyl groups is 1. The Morgan fingerprint density at radius 3 is 2.73 bits per heavy atom. The lowest BCUT2D eigenvalue weighted by atomic mass is 9.95. The average Bonchev–Trinajstić information content (AvgIpc) is 2.22. The Bertz CT molecular complexity index is 362. The summed E-state index contributed by atoms with van der Waals surface area (Å²) in [6.07, 6.45) is -0.861. The highest BCUT2D eigenvalue weighted by atomic mass is 35.5.